The normalized spacial score (nSPS) is 13.1. The number of benzene rings is 2. The van der Waals surface area contributed by atoms with Crippen LogP contribution in [0.5, 0.6) is 11.5 Å². The predicted octanol–water partition coefficient (Wildman–Crippen LogP) is 3.69. The summed E-state index contributed by atoms with van der Waals surface area (Å²) >= 11 is 0. The maximum atomic E-state index is 5.72. The van der Waals surface area contributed by atoms with Crippen molar-refractivity contribution in [2.45, 2.75) is 20.4 Å². The molecule has 1 aliphatic heterocycles. The van der Waals surface area contributed by atoms with Crippen LogP contribution in [-0.4, -0.2) is 13.2 Å². The Kier molecular flexibility index (Phi) is 3.50. The standard InChI is InChI=1S/C17H19NO2/c1-12-6-7-15(10-13(12)2)18-11-14-4-3-5-16-17(14)20-9-8-19-16/h3-7,10,18H,8-9,11H2,1-2H3. The fourth-order valence-corrected chi connectivity index (χ4v) is 2.32. The van der Waals surface area contributed by atoms with E-state index in [0.717, 1.165) is 29.3 Å². The Morgan fingerprint density at radius 3 is 2.70 bits per heavy atom. The molecule has 1 N–H and O–H groups in total. The summed E-state index contributed by atoms with van der Waals surface area (Å²) in [5, 5.41) is 3.44. The zero-order valence-electron chi connectivity index (χ0n) is 11.9. The number of ether oxygens (including phenoxy) is 2. The number of hydrogen-bond acceptors (Lipinski definition) is 3. The number of aryl methyl sites for hydroxylation is 2. The van der Waals surface area contributed by atoms with Crippen LogP contribution in [0, 0.1) is 13.8 Å². The van der Waals surface area contributed by atoms with Crippen LogP contribution in [0.25, 0.3) is 0 Å². The first-order chi connectivity index (χ1) is 9.74. The summed E-state index contributed by atoms with van der Waals surface area (Å²) in [6.07, 6.45) is 0. The van der Waals surface area contributed by atoms with Gasteiger partial charge in [0.15, 0.2) is 11.5 Å². The van der Waals surface area contributed by atoms with Gasteiger partial charge in [-0.3, -0.25) is 0 Å². The molecule has 0 aromatic heterocycles. The van der Waals surface area contributed by atoms with E-state index in [1.807, 2.05) is 12.1 Å². The van der Waals surface area contributed by atoms with Gasteiger partial charge in [0.05, 0.1) is 0 Å². The van der Waals surface area contributed by atoms with E-state index in [1.54, 1.807) is 0 Å². The van der Waals surface area contributed by atoms with Gasteiger partial charge < -0.3 is 14.8 Å². The van der Waals surface area contributed by atoms with Gasteiger partial charge >= 0.3 is 0 Å². The van der Waals surface area contributed by atoms with Gasteiger partial charge in [0.2, 0.25) is 0 Å². The highest BCUT2D eigenvalue weighted by molar-refractivity contribution is 5.52. The molecule has 1 heterocycles. The molecule has 0 unspecified atom stereocenters. The van der Waals surface area contributed by atoms with Crippen LogP contribution in [0.2, 0.25) is 0 Å². The molecule has 0 radical (unpaired) electrons. The Labute approximate surface area is 119 Å². The molecule has 0 fully saturated rings. The Balaban J connectivity index is 1.76. The van der Waals surface area contributed by atoms with Gasteiger partial charge in [-0.15, -0.1) is 0 Å². The zero-order valence-corrected chi connectivity index (χ0v) is 11.9. The number of anilines is 1. The lowest BCUT2D eigenvalue weighted by molar-refractivity contribution is 0.170. The van der Waals surface area contributed by atoms with Crippen LogP contribution in [0.15, 0.2) is 36.4 Å². The van der Waals surface area contributed by atoms with E-state index in [0.29, 0.717) is 13.2 Å². The minimum absolute atomic E-state index is 0.619. The molecule has 3 nitrogen and oxygen atoms in total. The van der Waals surface area contributed by atoms with E-state index < -0.39 is 0 Å². The molecule has 0 amide bonds. The summed E-state index contributed by atoms with van der Waals surface area (Å²) in [4.78, 5) is 0. The van der Waals surface area contributed by atoms with Gasteiger partial charge in [-0.05, 0) is 43.2 Å². The number of fused-ring (bicyclic) bond motifs is 1. The third kappa shape index (κ3) is 2.57. The monoisotopic (exact) mass is 269 g/mol. The van der Waals surface area contributed by atoms with Crippen LogP contribution in [0.1, 0.15) is 16.7 Å². The lowest BCUT2D eigenvalue weighted by Crippen LogP contribution is -2.17. The third-order valence-corrected chi connectivity index (χ3v) is 3.64. The van der Waals surface area contributed by atoms with Crippen LogP contribution >= 0.6 is 0 Å². The summed E-state index contributed by atoms with van der Waals surface area (Å²) in [7, 11) is 0. The first kappa shape index (κ1) is 12.9. The van der Waals surface area contributed by atoms with Crippen molar-refractivity contribution in [1.82, 2.24) is 0 Å². The van der Waals surface area contributed by atoms with Crippen molar-refractivity contribution in [1.29, 1.82) is 0 Å². The van der Waals surface area contributed by atoms with Gasteiger partial charge in [0.1, 0.15) is 13.2 Å². The minimum Gasteiger partial charge on any atom is -0.486 e. The highest BCUT2D eigenvalue weighted by Crippen LogP contribution is 2.33. The second-order valence-electron chi connectivity index (χ2n) is 5.09. The molecular formula is C17H19NO2. The molecule has 0 atom stereocenters. The van der Waals surface area contributed by atoms with E-state index in [1.165, 1.54) is 11.1 Å². The molecule has 2 aromatic rings. The smallest absolute Gasteiger partial charge is 0.166 e. The van der Waals surface area contributed by atoms with E-state index in [2.05, 4.69) is 43.4 Å². The van der Waals surface area contributed by atoms with Crippen LogP contribution in [0.4, 0.5) is 5.69 Å². The maximum absolute atomic E-state index is 5.72. The number of rotatable bonds is 3. The fraction of sp³-hybridized carbons (Fsp3) is 0.294. The molecule has 2 aromatic carbocycles. The first-order valence-electron chi connectivity index (χ1n) is 6.92. The summed E-state index contributed by atoms with van der Waals surface area (Å²) in [6.45, 7) is 6.23. The number of hydrogen-bond donors (Lipinski definition) is 1. The van der Waals surface area contributed by atoms with Gasteiger partial charge in [-0.2, -0.15) is 0 Å². The molecule has 104 valence electrons. The second-order valence-corrected chi connectivity index (χ2v) is 5.09. The molecule has 3 rings (SSSR count). The Morgan fingerprint density at radius 2 is 1.85 bits per heavy atom. The Hall–Kier alpha value is -2.16. The Morgan fingerprint density at radius 1 is 1.00 bits per heavy atom. The summed E-state index contributed by atoms with van der Waals surface area (Å²) in [5.41, 5.74) is 4.86. The molecule has 3 heteroatoms. The van der Waals surface area contributed by atoms with Crippen LogP contribution in [0.3, 0.4) is 0 Å². The maximum Gasteiger partial charge on any atom is 0.166 e. The summed E-state index contributed by atoms with van der Waals surface area (Å²) < 4.78 is 11.3. The molecule has 0 spiro atoms. The zero-order chi connectivity index (χ0) is 13.9. The summed E-state index contributed by atoms with van der Waals surface area (Å²) in [6, 6.07) is 12.4. The molecular weight excluding hydrogens is 250 g/mol. The van der Waals surface area contributed by atoms with Crippen molar-refractivity contribution in [2.75, 3.05) is 18.5 Å². The van der Waals surface area contributed by atoms with Crippen molar-refractivity contribution in [3.05, 3.63) is 53.1 Å². The molecule has 20 heavy (non-hydrogen) atoms. The number of nitrogens with one attached hydrogen (secondary N) is 1. The van der Waals surface area contributed by atoms with Crippen molar-refractivity contribution in [3.8, 4) is 11.5 Å². The summed E-state index contributed by atoms with van der Waals surface area (Å²) in [5.74, 6) is 1.71. The van der Waals surface area contributed by atoms with Gasteiger partial charge in [0.25, 0.3) is 0 Å². The van der Waals surface area contributed by atoms with Crippen molar-refractivity contribution < 1.29 is 9.47 Å². The average Bonchev–Trinajstić information content (AvgIpc) is 2.48. The van der Waals surface area contributed by atoms with Crippen LogP contribution < -0.4 is 14.8 Å². The lowest BCUT2D eigenvalue weighted by atomic mass is 10.1. The van der Waals surface area contributed by atoms with Gasteiger partial charge in [-0.25, -0.2) is 0 Å². The quantitative estimate of drug-likeness (QED) is 0.922. The molecule has 1 aliphatic rings. The molecule has 0 bridgehead atoms. The minimum atomic E-state index is 0.619. The van der Waals surface area contributed by atoms with Gasteiger partial charge in [-0.1, -0.05) is 18.2 Å². The molecule has 0 aliphatic carbocycles. The predicted molar refractivity (Wildman–Crippen MR) is 80.7 cm³/mol. The third-order valence-electron chi connectivity index (χ3n) is 3.64. The highest BCUT2D eigenvalue weighted by atomic mass is 16.6. The largest absolute Gasteiger partial charge is 0.486 e. The molecule has 0 saturated carbocycles. The first-order valence-corrected chi connectivity index (χ1v) is 6.92. The molecule has 0 saturated heterocycles. The van der Waals surface area contributed by atoms with Crippen molar-refractivity contribution in [3.63, 3.8) is 0 Å². The van der Waals surface area contributed by atoms with E-state index in [9.17, 15) is 0 Å². The van der Waals surface area contributed by atoms with Gasteiger partial charge in [0, 0.05) is 17.8 Å². The lowest BCUT2D eigenvalue weighted by Gasteiger charge is -2.21. The Bertz CT molecular complexity index is 622. The number of para-hydroxylation sites is 1. The van der Waals surface area contributed by atoms with Crippen molar-refractivity contribution in [2.24, 2.45) is 0 Å². The average molecular weight is 269 g/mol. The highest BCUT2D eigenvalue weighted by Gasteiger charge is 2.15. The van der Waals surface area contributed by atoms with E-state index in [-0.39, 0.29) is 0 Å². The van der Waals surface area contributed by atoms with Crippen molar-refractivity contribution >= 4 is 5.69 Å². The topological polar surface area (TPSA) is 30.5 Å². The SMILES string of the molecule is Cc1ccc(NCc2cccc3c2OCCO3)cc1C. The fourth-order valence-electron chi connectivity index (χ4n) is 2.32. The van der Waals surface area contributed by atoms with Crippen LogP contribution in [-0.2, 0) is 6.54 Å². The van der Waals surface area contributed by atoms with E-state index >= 15 is 0 Å². The second kappa shape index (κ2) is 5.45. The van der Waals surface area contributed by atoms with E-state index in [4.69, 9.17) is 9.47 Å².